The van der Waals surface area contributed by atoms with Crippen LogP contribution in [0.3, 0.4) is 0 Å². The quantitative estimate of drug-likeness (QED) is 0.793. The van der Waals surface area contributed by atoms with E-state index in [1.807, 2.05) is 18.4 Å². The van der Waals surface area contributed by atoms with Gasteiger partial charge in [-0.15, -0.1) is 6.58 Å². The van der Waals surface area contributed by atoms with Gasteiger partial charge in [-0.05, 0) is 19.9 Å². The van der Waals surface area contributed by atoms with Crippen molar-refractivity contribution in [3.05, 3.63) is 66.5 Å². The Labute approximate surface area is 141 Å². The Bertz CT molecular complexity index is 696. The van der Waals surface area contributed by atoms with Gasteiger partial charge in [0.25, 0.3) is 0 Å². The number of imidazole rings is 1. The van der Waals surface area contributed by atoms with E-state index in [-0.39, 0.29) is 17.9 Å². The predicted octanol–water partition coefficient (Wildman–Crippen LogP) is 3.18. The third-order valence-electron chi connectivity index (χ3n) is 3.48. The standard InChI is InChI=1S/C18H23FN4O/c1-4-10-23(18(24)21-14(2)3)13-17-20-9-11-22(17)12-15-7-5-6-8-16(15)19/h4-9,11,14H,1,10,12-13H2,2-3H3,(H,21,24). The van der Waals surface area contributed by atoms with Gasteiger partial charge < -0.3 is 14.8 Å². The number of nitrogens with one attached hydrogen (secondary N) is 1. The molecule has 24 heavy (non-hydrogen) atoms. The largest absolute Gasteiger partial charge is 0.336 e. The number of amides is 2. The lowest BCUT2D eigenvalue weighted by molar-refractivity contribution is 0.196. The molecule has 0 aliphatic carbocycles. The van der Waals surface area contributed by atoms with Crippen LogP contribution in [0.15, 0.2) is 49.3 Å². The molecule has 0 bridgehead atoms. The van der Waals surface area contributed by atoms with Gasteiger partial charge in [0, 0.05) is 30.5 Å². The maximum absolute atomic E-state index is 13.8. The molecule has 5 nitrogen and oxygen atoms in total. The molecule has 0 aliphatic rings. The van der Waals surface area contributed by atoms with Gasteiger partial charge in [-0.1, -0.05) is 24.3 Å². The summed E-state index contributed by atoms with van der Waals surface area (Å²) in [7, 11) is 0. The lowest BCUT2D eigenvalue weighted by Crippen LogP contribution is -2.43. The first-order chi connectivity index (χ1) is 11.5. The highest BCUT2D eigenvalue weighted by atomic mass is 19.1. The number of rotatable bonds is 7. The summed E-state index contributed by atoms with van der Waals surface area (Å²) in [4.78, 5) is 18.2. The molecule has 2 amide bonds. The van der Waals surface area contributed by atoms with E-state index in [9.17, 15) is 9.18 Å². The molecule has 0 saturated carbocycles. The normalized spacial score (nSPS) is 10.7. The van der Waals surface area contributed by atoms with E-state index in [1.165, 1.54) is 6.07 Å². The van der Waals surface area contributed by atoms with Crippen molar-refractivity contribution in [2.24, 2.45) is 0 Å². The van der Waals surface area contributed by atoms with Crippen LogP contribution in [0.2, 0.25) is 0 Å². The Kier molecular flexibility index (Phi) is 6.12. The molecule has 128 valence electrons. The van der Waals surface area contributed by atoms with E-state index in [4.69, 9.17) is 0 Å². The third kappa shape index (κ3) is 4.68. The summed E-state index contributed by atoms with van der Waals surface area (Å²) in [6.07, 6.45) is 5.11. The van der Waals surface area contributed by atoms with Crippen molar-refractivity contribution in [2.75, 3.05) is 6.54 Å². The number of urea groups is 1. The molecular formula is C18H23FN4O. The smallest absolute Gasteiger partial charge is 0.318 e. The van der Waals surface area contributed by atoms with Crippen LogP contribution in [-0.4, -0.2) is 33.1 Å². The van der Waals surface area contributed by atoms with Crippen molar-refractivity contribution in [1.82, 2.24) is 19.8 Å². The van der Waals surface area contributed by atoms with Gasteiger partial charge in [-0.3, -0.25) is 0 Å². The minimum Gasteiger partial charge on any atom is -0.336 e. The lowest BCUT2D eigenvalue weighted by atomic mass is 10.2. The molecule has 6 heteroatoms. The van der Waals surface area contributed by atoms with Crippen molar-refractivity contribution < 1.29 is 9.18 Å². The second-order valence-corrected chi connectivity index (χ2v) is 5.84. The molecular weight excluding hydrogens is 307 g/mol. The molecule has 1 aromatic carbocycles. The summed E-state index contributed by atoms with van der Waals surface area (Å²) in [5.74, 6) is 0.441. The van der Waals surface area contributed by atoms with Crippen molar-refractivity contribution in [3.63, 3.8) is 0 Å². The number of halogens is 1. The maximum atomic E-state index is 13.8. The fourth-order valence-corrected chi connectivity index (χ4v) is 2.33. The van der Waals surface area contributed by atoms with Gasteiger partial charge in [0.1, 0.15) is 11.6 Å². The van der Waals surface area contributed by atoms with Crippen molar-refractivity contribution in [2.45, 2.75) is 33.0 Å². The zero-order valence-corrected chi connectivity index (χ0v) is 14.1. The Morgan fingerprint density at radius 1 is 1.46 bits per heavy atom. The summed E-state index contributed by atoms with van der Waals surface area (Å²) in [6, 6.07) is 6.51. The van der Waals surface area contributed by atoms with Crippen LogP contribution in [0.25, 0.3) is 0 Å². The summed E-state index contributed by atoms with van der Waals surface area (Å²) < 4.78 is 15.7. The number of aromatic nitrogens is 2. The Balaban J connectivity index is 2.14. The summed E-state index contributed by atoms with van der Waals surface area (Å²) in [5, 5.41) is 2.86. The Hall–Kier alpha value is -2.63. The van der Waals surface area contributed by atoms with Crippen LogP contribution in [0.1, 0.15) is 25.2 Å². The van der Waals surface area contributed by atoms with Crippen LogP contribution in [0, 0.1) is 5.82 Å². The van der Waals surface area contributed by atoms with E-state index in [1.54, 1.807) is 41.6 Å². The topological polar surface area (TPSA) is 50.2 Å². The molecule has 0 spiro atoms. The minimum absolute atomic E-state index is 0.0444. The van der Waals surface area contributed by atoms with Gasteiger partial charge in [0.2, 0.25) is 0 Å². The van der Waals surface area contributed by atoms with Gasteiger partial charge in [0.15, 0.2) is 0 Å². The van der Waals surface area contributed by atoms with E-state index in [2.05, 4.69) is 16.9 Å². The number of nitrogens with zero attached hydrogens (tertiary/aromatic N) is 3. The highest BCUT2D eigenvalue weighted by Gasteiger charge is 2.16. The molecule has 1 aromatic heterocycles. The maximum Gasteiger partial charge on any atom is 0.318 e. The van der Waals surface area contributed by atoms with Crippen molar-refractivity contribution in [1.29, 1.82) is 0 Å². The zero-order valence-electron chi connectivity index (χ0n) is 14.1. The first-order valence-corrected chi connectivity index (χ1v) is 7.91. The first kappa shape index (κ1) is 17.7. The second-order valence-electron chi connectivity index (χ2n) is 5.84. The third-order valence-corrected chi connectivity index (χ3v) is 3.48. The van der Waals surface area contributed by atoms with Crippen molar-refractivity contribution >= 4 is 6.03 Å². The average molecular weight is 330 g/mol. The Morgan fingerprint density at radius 2 is 2.21 bits per heavy atom. The fraction of sp³-hybridized carbons (Fsp3) is 0.333. The fourth-order valence-electron chi connectivity index (χ4n) is 2.33. The van der Waals surface area contributed by atoms with Gasteiger partial charge in [0.05, 0.1) is 13.1 Å². The van der Waals surface area contributed by atoms with E-state index in [0.29, 0.717) is 31.0 Å². The molecule has 0 aliphatic heterocycles. The van der Waals surface area contributed by atoms with E-state index < -0.39 is 0 Å². The SMILES string of the molecule is C=CCN(Cc1nccn1Cc1ccccc1F)C(=O)NC(C)C. The van der Waals surface area contributed by atoms with Crippen LogP contribution in [0.4, 0.5) is 9.18 Å². The number of hydrogen-bond acceptors (Lipinski definition) is 2. The summed E-state index contributed by atoms with van der Waals surface area (Å²) in [5.41, 5.74) is 0.582. The Morgan fingerprint density at radius 3 is 2.88 bits per heavy atom. The number of carbonyl (C=O) groups excluding carboxylic acids is 1. The molecule has 2 rings (SSSR count). The molecule has 0 unspecified atom stereocenters. The number of benzene rings is 1. The predicted molar refractivity (Wildman–Crippen MR) is 92.0 cm³/mol. The van der Waals surface area contributed by atoms with Crippen molar-refractivity contribution in [3.8, 4) is 0 Å². The summed E-state index contributed by atoms with van der Waals surface area (Å²) >= 11 is 0. The minimum atomic E-state index is -0.252. The molecule has 0 atom stereocenters. The van der Waals surface area contributed by atoms with E-state index in [0.717, 1.165) is 0 Å². The van der Waals surface area contributed by atoms with Gasteiger partial charge in [-0.2, -0.15) is 0 Å². The van der Waals surface area contributed by atoms with Gasteiger partial charge >= 0.3 is 6.03 Å². The monoisotopic (exact) mass is 330 g/mol. The molecule has 1 heterocycles. The van der Waals surface area contributed by atoms with E-state index >= 15 is 0 Å². The molecule has 0 radical (unpaired) electrons. The molecule has 2 aromatic rings. The van der Waals surface area contributed by atoms with Crippen LogP contribution < -0.4 is 5.32 Å². The van der Waals surface area contributed by atoms with Crippen LogP contribution in [0.5, 0.6) is 0 Å². The zero-order chi connectivity index (χ0) is 17.5. The first-order valence-electron chi connectivity index (χ1n) is 7.91. The van der Waals surface area contributed by atoms with Gasteiger partial charge in [-0.25, -0.2) is 14.2 Å². The average Bonchev–Trinajstić information content (AvgIpc) is 2.95. The molecule has 1 N–H and O–H groups in total. The van der Waals surface area contributed by atoms with Crippen LogP contribution in [-0.2, 0) is 13.1 Å². The highest BCUT2D eigenvalue weighted by molar-refractivity contribution is 5.74. The molecule has 0 fully saturated rings. The second kappa shape index (κ2) is 8.29. The highest BCUT2D eigenvalue weighted by Crippen LogP contribution is 2.11. The summed E-state index contributed by atoms with van der Waals surface area (Å²) in [6.45, 7) is 8.61. The molecule has 0 saturated heterocycles. The van der Waals surface area contributed by atoms with Crippen LogP contribution >= 0.6 is 0 Å². The number of hydrogen-bond donors (Lipinski definition) is 1. The lowest BCUT2D eigenvalue weighted by Gasteiger charge is -2.23. The number of carbonyl (C=O) groups is 1.